The standard InChI is InChI=1S/C17H27FN2O/c1-12(2)20(11-14-6-4-5-9-19-14)13(3)16-8-7-15(21)10-17(16)18/h7-8,10,12-14,19,21H,4-6,9,11H2,1-3H3. The molecule has 1 heterocycles. The summed E-state index contributed by atoms with van der Waals surface area (Å²) in [7, 11) is 0. The number of rotatable bonds is 5. The molecule has 0 amide bonds. The maximum Gasteiger partial charge on any atom is 0.131 e. The van der Waals surface area contributed by atoms with E-state index in [4.69, 9.17) is 0 Å². The van der Waals surface area contributed by atoms with Crippen molar-refractivity contribution in [1.29, 1.82) is 0 Å². The summed E-state index contributed by atoms with van der Waals surface area (Å²) in [5, 5.41) is 12.9. The van der Waals surface area contributed by atoms with E-state index in [-0.39, 0.29) is 17.6 Å². The predicted octanol–water partition coefficient (Wildman–Crippen LogP) is 3.44. The number of benzene rings is 1. The minimum Gasteiger partial charge on any atom is -0.508 e. The number of aromatic hydroxyl groups is 1. The third-order valence-electron chi connectivity index (χ3n) is 4.44. The third kappa shape index (κ3) is 4.17. The first-order valence-corrected chi connectivity index (χ1v) is 7.96. The van der Waals surface area contributed by atoms with Gasteiger partial charge in [-0.25, -0.2) is 4.39 Å². The van der Waals surface area contributed by atoms with E-state index in [9.17, 15) is 9.50 Å². The van der Waals surface area contributed by atoms with Crippen molar-refractivity contribution < 1.29 is 9.50 Å². The second-order valence-electron chi connectivity index (χ2n) is 6.32. The molecule has 3 nitrogen and oxygen atoms in total. The van der Waals surface area contributed by atoms with Crippen LogP contribution in [-0.4, -0.2) is 35.2 Å². The van der Waals surface area contributed by atoms with Gasteiger partial charge in [-0.2, -0.15) is 0 Å². The Kier molecular flexibility index (Phi) is 5.59. The van der Waals surface area contributed by atoms with Crippen molar-refractivity contribution in [2.45, 2.75) is 58.2 Å². The Hall–Kier alpha value is -1.13. The molecule has 0 aliphatic carbocycles. The van der Waals surface area contributed by atoms with Gasteiger partial charge in [0.15, 0.2) is 0 Å². The Bertz CT molecular complexity index is 458. The molecule has 1 aromatic rings. The first kappa shape index (κ1) is 16.2. The van der Waals surface area contributed by atoms with E-state index in [0.717, 1.165) is 13.1 Å². The molecule has 2 atom stereocenters. The highest BCUT2D eigenvalue weighted by Gasteiger charge is 2.25. The van der Waals surface area contributed by atoms with Gasteiger partial charge in [-0.3, -0.25) is 4.90 Å². The van der Waals surface area contributed by atoms with Crippen LogP contribution in [0.25, 0.3) is 0 Å². The molecule has 21 heavy (non-hydrogen) atoms. The summed E-state index contributed by atoms with van der Waals surface area (Å²) in [4.78, 5) is 2.33. The lowest BCUT2D eigenvalue weighted by molar-refractivity contribution is 0.135. The Labute approximate surface area is 127 Å². The second-order valence-corrected chi connectivity index (χ2v) is 6.32. The molecule has 2 N–H and O–H groups in total. The Morgan fingerprint density at radius 1 is 1.33 bits per heavy atom. The van der Waals surface area contributed by atoms with Crippen LogP contribution in [0, 0.1) is 5.82 Å². The molecule has 1 fully saturated rings. The molecule has 0 saturated carbocycles. The number of hydrogen-bond acceptors (Lipinski definition) is 3. The van der Waals surface area contributed by atoms with E-state index in [2.05, 4.69) is 24.1 Å². The van der Waals surface area contributed by atoms with Gasteiger partial charge in [0, 0.05) is 36.3 Å². The largest absolute Gasteiger partial charge is 0.508 e. The van der Waals surface area contributed by atoms with Gasteiger partial charge >= 0.3 is 0 Å². The van der Waals surface area contributed by atoms with Crippen molar-refractivity contribution >= 4 is 0 Å². The number of nitrogens with zero attached hydrogens (tertiary/aromatic N) is 1. The van der Waals surface area contributed by atoms with Crippen LogP contribution in [0.4, 0.5) is 4.39 Å². The van der Waals surface area contributed by atoms with Crippen LogP contribution in [0.3, 0.4) is 0 Å². The van der Waals surface area contributed by atoms with Crippen LogP contribution >= 0.6 is 0 Å². The molecule has 118 valence electrons. The van der Waals surface area contributed by atoms with Crippen molar-refractivity contribution in [2.75, 3.05) is 13.1 Å². The Balaban J connectivity index is 2.12. The number of halogens is 1. The maximum atomic E-state index is 14.1. The highest BCUT2D eigenvalue weighted by Crippen LogP contribution is 2.28. The predicted molar refractivity (Wildman–Crippen MR) is 84.0 cm³/mol. The van der Waals surface area contributed by atoms with Gasteiger partial charge in [0.25, 0.3) is 0 Å². The topological polar surface area (TPSA) is 35.5 Å². The Morgan fingerprint density at radius 3 is 2.67 bits per heavy atom. The van der Waals surface area contributed by atoms with Crippen molar-refractivity contribution in [2.24, 2.45) is 0 Å². The van der Waals surface area contributed by atoms with Gasteiger partial charge < -0.3 is 10.4 Å². The van der Waals surface area contributed by atoms with Gasteiger partial charge in [-0.15, -0.1) is 0 Å². The lowest BCUT2D eigenvalue weighted by atomic mass is 10.00. The minimum atomic E-state index is -0.329. The first-order chi connectivity index (χ1) is 9.99. The van der Waals surface area contributed by atoms with Gasteiger partial charge in [0.05, 0.1) is 0 Å². The lowest BCUT2D eigenvalue weighted by Gasteiger charge is -2.37. The van der Waals surface area contributed by atoms with E-state index in [0.29, 0.717) is 17.6 Å². The molecule has 2 rings (SSSR count). The van der Waals surface area contributed by atoms with E-state index < -0.39 is 0 Å². The summed E-state index contributed by atoms with van der Waals surface area (Å²) in [6.45, 7) is 8.35. The number of phenols is 1. The molecule has 2 unspecified atom stereocenters. The van der Waals surface area contributed by atoms with Crippen molar-refractivity contribution in [3.8, 4) is 5.75 Å². The molecule has 4 heteroatoms. The van der Waals surface area contributed by atoms with Crippen molar-refractivity contribution in [3.63, 3.8) is 0 Å². The molecule has 0 spiro atoms. The summed E-state index contributed by atoms with van der Waals surface area (Å²) in [5.41, 5.74) is 0.650. The average molecular weight is 294 g/mol. The molecule has 0 radical (unpaired) electrons. The highest BCUT2D eigenvalue weighted by atomic mass is 19.1. The highest BCUT2D eigenvalue weighted by molar-refractivity contribution is 5.29. The first-order valence-electron chi connectivity index (χ1n) is 7.96. The van der Waals surface area contributed by atoms with Crippen LogP contribution in [0.1, 0.15) is 51.6 Å². The monoisotopic (exact) mass is 294 g/mol. The number of nitrogens with one attached hydrogen (secondary N) is 1. The molecule has 0 bridgehead atoms. The summed E-state index contributed by atoms with van der Waals surface area (Å²) in [6.07, 6.45) is 3.71. The molecule has 1 aliphatic heterocycles. The Morgan fingerprint density at radius 2 is 2.10 bits per heavy atom. The number of piperidine rings is 1. The van der Waals surface area contributed by atoms with Gasteiger partial charge in [0.2, 0.25) is 0 Å². The quantitative estimate of drug-likeness (QED) is 0.873. The molecule has 1 saturated heterocycles. The SMILES string of the molecule is CC(C)N(CC1CCCCN1)C(C)c1ccc(O)cc1F. The van der Waals surface area contributed by atoms with E-state index in [1.165, 1.54) is 25.3 Å². The van der Waals surface area contributed by atoms with Gasteiger partial charge in [-0.05, 0) is 46.2 Å². The summed E-state index contributed by atoms with van der Waals surface area (Å²) >= 11 is 0. The van der Waals surface area contributed by atoms with Gasteiger partial charge in [0.1, 0.15) is 11.6 Å². The maximum absolute atomic E-state index is 14.1. The average Bonchev–Trinajstić information content (AvgIpc) is 2.45. The van der Waals surface area contributed by atoms with E-state index in [1.54, 1.807) is 12.1 Å². The van der Waals surface area contributed by atoms with Crippen LogP contribution in [0.15, 0.2) is 18.2 Å². The normalized spacial score (nSPS) is 21.0. The smallest absolute Gasteiger partial charge is 0.131 e. The zero-order chi connectivity index (χ0) is 15.4. The molecule has 1 aromatic carbocycles. The summed E-state index contributed by atoms with van der Waals surface area (Å²) < 4.78 is 14.1. The lowest BCUT2D eigenvalue weighted by Crippen LogP contribution is -2.46. The minimum absolute atomic E-state index is 0.00525. The fraction of sp³-hybridized carbons (Fsp3) is 0.647. The third-order valence-corrected chi connectivity index (χ3v) is 4.44. The van der Waals surface area contributed by atoms with Gasteiger partial charge in [-0.1, -0.05) is 12.5 Å². The zero-order valence-electron chi connectivity index (χ0n) is 13.3. The second kappa shape index (κ2) is 7.23. The zero-order valence-corrected chi connectivity index (χ0v) is 13.3. The number of hydrogen-bond donors (Lipinski definition) is 2. The van der Waals surface area contributed by atoms with Crippen LogP contribution in [0.5, 0.6) is 5.75 Å². The number of phenolic OH excluding ortho intramolecular Hbond substituents is 1. The van der Waals surface area contributed by atoms with Crippen LogP contribution in [-0.2, 0) is 0 Å². The fourth-order valence-electron chi connectivity index (χ4n) is 3.18. The van der Waals surface area contributed by atoms with Crippen LogP contribution < -0.4 is 5.32 Å². The summed E-state index contributed by atoms with van der Waals surface area (Å²) in [5.74, 6) is -0.349. The molecular weight excluding hydrogens is 267 g/mol. The van der Waals surface area contributed by atoms with Crippen LogP contribution in [0.2, 0.25) is 0 Å². The molecular formula is C17H27FN2O. The van der Waals surface area contributed by atoms with Crippen molar-refractivity contribution in [3.05, 3.63) is 29.6 Å². The van der Waals surface area contributed by atoms with Crippen molar-refractivity contribution in [1.82, 2.24) is 10.2 Å². The molecule has 1 aliphatic rings. The van der Waals surface area contributed by atoms with E-state index in [1.807, 2.05) is 6.92 Å². The summed E-state index contributed by atoms with van der Waals surface area (Å²) in [6, 6.07) is 5.28. The van der Waals surface area contributed by atoms with E-state index >= 15 is 0 Å². The fourth-order valence-corrected chi connectivity index (χ4v) is 3.18. The molecule has 0 aromatic heterocycles.